The number of imide groups is 1. The summed E-state index contributed by atoms with van der Waals surface area (Å²) >= 11 is 0. The molecule has 2 rings (SSSR count). The van der Waals surface area contributed by atoms with Crippen LogP contribution in [0.15, 0.2) is 18.3 Å². The summed E-state index contributed by atoms with van der Waals surface area (Å²) in [5.74, 6) is -0.247. The Bertz CT molecular complexity index is 515. The second kappa shape index (κ2) is 4.96. The van der Waals surface area contributed by atoms with Gasteiger partial charge in [-0.25, -0.2) is 4.98 Å². The Morgan fingerprint density at radius 3 is 2.72 bits per heavy atom. The molecule has 2 heterocycles. The Labute approximate surface area is 105 Å². The fourth-order valence-electron chi connectivity index (χ4n) is 2.04. The van der Waals surface area contributed by atoms with E-state index in [1.54, 1.807) is 12.1 Å². The van der Waals surface area contributed by atoms with Crippen LogP contribution < -0.4 is 0 Å². The molecule has 0 spiro atoms. The molecule has 0 atom stereocenters. The summed E-state index contributed by atoms with van der Waals surface area (Å²) in [6.45, 7) is 2.03. The van der Waals surface area contributed by atoms with Gasteiger partial charge in [0.2, 0.25) is 11.8 Å². The van der Waals surface area contributed by atoms with Gasteiger partial charge in [0, 0.05) is 24.6 Å². The summed E-state index contributed by atoms with van der Waals surface area (Å²) in [5.41, 5.74) is 0.868. The molecule has 1 aromatic heterocycles. The van der Waals surface area contributed by atoms with E-state index in [0.29, 0.717) is 18.4 Å². The van der Waals surface area contributed by atoms with Crippen LogP contribution in [-0.4, -0.2) is 21.7 Å². The number of carbonyl (C=O) groups excluding carboxylic acids is 2. The number of likely N-dealkylation sites (tertiary alicyclic amines) is 1. The number of pyridine rings is 1. The van der Waals surface area contributed by atoms with Crippen molar-refractivity contribution in [3.8, 4) is 6.07 Å². The molecule has 1 saturated heterocycles. The minimum Gasteiger partial charge on any atom is -0.278 e. The molecular weight excluding hydrogens is 230 g/mol. The third kappa shape index (κ3) is 2.38. The number of amides is 2. The molecule has 18 heavy (non-hydrogen) atoms. The Morgan fingerprint density at radius 2 is 2.11 bits per heavy atom. The fourth-order valence-corrected chi connectivity index (χ4v) is 2.04. The molecule has 1 aliphatic rings. The van der Waals surface area contributed by atoms with E-state index in [1.165, 1.54) is 11.1 Å². The highest BCUT2D eigenvalue weighted by Crippen LogP contribution is 2.21. The lowest BCUT2D eigenvalue weighted by atomic mass is 9.97. The van der Waals surface area contributed by atoms with Crippen molar-refractivity contribution in [2.45, 2.75) is 26.3 Å². The maximum Gasteiger partial charge on any atom is 0.229 e. The van der Waals surface area contributed by atoms with Crippen LogP contribution in [0.4, 0.5) is 0 Å². The minimum atomic E-state index is -0.175. The topological polar surface area (TPSA) is 74.1 Å². The van der Waals surface area contributed by atoms with E-state index in [0.717, 1.165) is 0 Å². The molecule has 0 saturated carbocycles. The molecule has 1 aliphatic heterocycles. The SMILES string of the molecule is CC1CC(=O)N(Cc2cccnc2C#N)C(=O)C1. The molecule has 2 amide bonds. The van der Waals surface area contributed by atoms with Crippen molar-refractivity contribution in [2.75, 3.05) is 0 Å². The van der Waals surface area contributed by atoms with E-state index < -0.39 is 0 Å². The second-order valence-electron chi connectivity index (χ2n) is 4.51. The van der Waals surface area contributed by atoms with Gasteiger partial charge in [0.05, 0.1) is 6.54 Å². The molecule has 0 radical (unpaired) electrons. The number of hydrogen-bond acceptors (Lipinski definition) is 4. The highest BCUT2D eigenvalue weighted by Gasteiger charge is 2.30. The van der Waals surface area contributed by atoms with Gasteiger partial charge >= 0.3 is 0 Å². The van der Waals surface area contributed by atoms with Crippen LogP contribution in [0.3, 0.4) is 0 Å². The summed E-state index contributed by atoms with van der Waals surface area (Å²) in [4.78, 5) is 28.8. The lowest BCUT2D eigenvalue weighted by molar-refractivity contribution is -0.150. The van der Waals surface area contributed by atoms with Crippen molar-refractivity contribution in [3.63, 3.8) is 0 Å². The quantitative estimate of drug-likeness (QED) is 0.732. The first kappa shape index (κ1) is 12.2. The third-order valence-electron chi connectivity index (χ3n) is 2.97. The summed E-state index contributed by atoms with van der Waals surface area (Å²) < 4.78 is 0. The van der Waals surface area contributed by atoms with Crippen LogP contribution >= 0.6 is 0 Å². The number of nitrogens with zero attached hydrogens (tertiary/aromatic N) is 3. The maximum atomic E-state index is 11.8. The van der Waals surface area contributed by atoms with Gasteiger partial charge in [-0.3, -0.25) is 14.5 Å². The predicted molar refractivity (Wildman–Crippen MR) is 62.9 cm³/mol. The Balaban J connectivity index is 2.21. The van der Waals surface area contributed by atoms with Crippen molar-refractivity contribution in [1.29, 1.82) is 5.26 Å². The minimum absolute atomic E-state index is 0.102. The second-order valence-corrected chi connectivity index (χ2v) is 4.51. The molecule has 0 aromatic carbocycles. The number of hydrogen-bond donors (Lipinski definition) is 0. The molecule has 5 nitrogen and oxygen atoms in total. The maximum absolute atomic E-state index is 11.8. The van der Waals surface area contributed by atoms with Crippen LogP contribution in [0.2, 0.25) is 0 Å². The fraction of sp³-hybridized carbons (Fsp3) is 0.385. The Hall–Kier alpha value is -2.22. The molecule has 5 heteroatoms. The summed E-state index contributed by atoms with van der Waals surface area (Å²) in [6.07, 6.45) is 2.28. The van der Waals surface area contributed by atoms with Crippen molar-refractivity contribution in [3.05, 3.63) is 29.6 Å². The zero-order chi connectivity index (χ0) is 13.1. The molecule has 1 fully saturated rings. The largest absolute Gasteiger partial charge is 0.278 e. The first-order valence-corrected chi connectivity index (χ1v) is 5.79. The van der Waals surface area contributed by atoms with Gasteiger partial charge in [-0.2, -0.15) is 5.26 Å². The monoisotopic (exact) mass is 243 g/mol. The number of piperidine rings is 1. The van der Waals surface area contributed by atoms with Gasteiger partial charge in [0.25, 0.3) is 0 Å². The van der Waals surface area contributed by atoms with Crippen molar-refractivity contribution in [2.24, 2.45) is 5.92 Å². The van der Waals surface area contributed by atoms with Gasteiger partial charge < -0.3 is 0 Å². The molecule has 92 valence electrons. The predicted octanol–water partition coefficient (Wildman–Crippen LogP) is 1.24. The third-order valence-corrected chi connectivity index (χ3v) is 2.97. The van der Waals surface area contributed by atoms with Gasteiger partial charge in [0.1, 0.15) is 11.8 Å². The smallest absolute Gasteiger partial charge is 0.229 e. The standard InChI is InChI=1S/C13H13N3O2/c1-9-5-12(17)16(13(18)6-9)8-10-3-2-4-15-11(10)7-14/h2-4,9H,5-6,8H2,1H3. The van der Waals surface area contributed by atoms with Crippen LogP contribution in [-0.2, 0) is 16.1 Å². The van der Waals surface area contributed by atoms with Crippen molar-refractivity contribution >= 4 is 11.8 Å². The number of rotatable bonds is 2. The summed E-state index contributed by atoms with van der Waals surface area (Å²) in [6, 6.07) is 5.37. The van der Waals surface area contributed by atoms with E-state index in [1.807, 2.05) is 13.0 Å². The average molecular weight is 243 g/mol. The lowest BCUT2D eigenvalue weighted by Crippen LogP contribution is -2.42. The van der Waals surface area contributed by atoms with Crippen molar-refractivity contribution < 1.29 is 9.59 Å². The molecule has 0 bridgehead atoms. The summed E-state index contributed by atoms with van der Waals surface area (Å²) in [5, 5.41) is 8.92. The zero-order valence-corrected chi connectivity index (χ0v) is 10.1. The van der Waals surface area contributed by atoms with Crippen LogP contribution in [0.5, 0.6) is 0 Å². The van der Waals surface area contributed by atoms with Gasteiger partial charge in [-0.15, -0.1) is 0 Å². The van der Waals surface area contributed by atoms with Gasteiger partial charge in [-0.05, 0) is 12.0 Å². The average Bonchev–Trinajstić information content (AvgIpc) is 2.34. The molecule has 0 unspecified atom stereocenters. The van der Waals surface area contributed by atoms with Crippen LogP contribution in [0, 0.1) is 17.2 Å². The Kier molecular flexibility index (Phi) is 3.38. The number of aromatic nitrogens is 1. The zero-order valence-electron chi connectivity index (χ0n) is 10.1. The van der Waals surface area contributed by atoms with E-state index in [2.05, 4.69) is 4.98 Å². The normalized spacial score (nSPS) is 16.8. The first-order valence-electron chi connectivity index (χ1n) is 5.79. The number of carbonyl (C=O) groups is 2. The van der Waals surface area contributed by atoms with Crippen molar-refractivity contribution in [1.82, 2.24) is 9.88 Å². The van der Waals surface area contributed by atoms with Crippen LogP contribution in [0.25, 0.3) is 0 Å². The van der Waals surface area contributed by atoms with E-state index in [-0.39, 0.29) is 30.0 Å². The first-order chi connectivity index (χ1) is 8.61. The van der Waals surface area contributed by atoms with Crippen LogP contribution in [0.1, 0.15) is 31.0 Å². The van der Waals surface area contributed by atoms with E-state index >= 15 is 0 Å². The van der Waals surface area contributed by atoms with Gasteiger partial charge in [-0.1, -0.05) is 13.0 Å². The lowest BCUT2D eigenvalue weighted by Gasteiger charge is -2.28. The van der Waals surface area contributed by atoms with Gasteiger partial charge in [0.15, 0.2) is 0 Å². The van der Waals surface area contributed by atoms with E-state index in [9.17, 15) is 9.59 Å². The molecule has 1 aromatic rings. The highest BCUT2D eigenvalue weighted by molar-refractivity contribution is 5.97. The number of nitriles is 1. The molecule has 0 N–H and O–H groups in total. The Morgan fingerprint density at radius 1 is 1.44 bits per heavy atom. The van der Waals surface area contributed by atoms with E-state index in [4.69, 9.17) is 5.26 Å². The summed E-state index contributed by atoms with van der Waals surface area (Å²) in [7, 11) is 0. The highest BCUT2D eigenvalue weighted by atomic mass is 16.2. The molecule has 0 aliphatic carbocycles. The molecular formula is C13H13N3O2.